The van der Waals surface area contributed by atoms with Crippen molar-refractivity contribution in [2.45, 2.75) is 45.2 Å². The monoisotopic (exact) mass is 456 g/mol. The van der Waals surface area contributed by atoms with E-state index in [-0.39, 0.29) is 35.1 Å². The molecule has 32 heavy (non-hydrogen) atoms. The van der Waals surface area contributed by atoms with Crippen LogP contribution in [0.4, 0.5) is 5.69 Å². The largest absolute Gasteiger partial charge is 0.454 e. The summed E-state index contributed by atoms with van der Waals surface area (Å²) in [6.07, 6.45) is 0.890. The van der Waals surface area contributed by atoms with Crippen LogP contribution in [0.5, 0.6) is 0 Å². The zero-order valence-corrected chi connectivity index (χ0v) is 18.9. The number of ether oxygens (including phenoxy) is 1. The molecule has 0 spiro atoms. The van der Waals surface area contributed by atoms with Gasteiger partial charge in [0.05, 0.1) is 23.7 Å². The number of amides is 2. The molecule has 0 radical (unpaired) electrons. The average Bonchev–Trinajstić information content (AvgIpc) is 3.04. The second-order valence-electron chi connectivity index (χ2n) is 8.26. The van der Waals surface area contributed by atoms with Gasteiger partial charge in [-0.05, 0) is 68.8 Å². The van der Waals surface area contributed by atoms with Crippen molar-refractivity contribution in [3.8, 4) is 0 Å². The standard InChI is InChI=1S/C24H25ClN2O5/c1-4-24(2,3)26-19-13-21(29)27(22(19)30)18-11-7-16(8-12-18)23(31)32-14-20(28)15-5-9-17(25)10-6-15/h5-12,19,26H,4,13-14H2,1-3H3. The number of hydrogen-bond acceptors (Lipinski definition) is 6. The Morgan fingerprint density at radius 1 is 1.06 bits per heavy atom. The number of esters is 1. The first-order valence-corrected chi connectivity index (χ1v) is 10.7. The van der Waals surface area contributed by atoms with Crippen molar-refractivity contribution >= 4 is 40.9 Å². The third kappa shape index (κ3) is 5.41. The lowest BCUT2D eigenvalue weighted by atomic mass is 10.00. The van der Waals surface area contributed by atoms with E-state index in [2.05, 4.69) is 5.32 Å². The lowest BCUT2D eigenvalue weighted by molar-refractivity contribution is -0.121. The Morgan fingerprint density at radius 3 is 2.25 bits per heavy atom. The van der Waals surface area contributed by atoms with E-state index in [1.807, 2.05) is 20.8 Å². The van der Waals surface area contributed by atoms with Crippen molar-refractivity contribution in [1.29, 1.82) is 0 Å². The molecular formula is C24H25ClN2O5. The number of nitrogens with zero attached hydrogens (tertiary/aromatic N) is 1. The maximum absolute atomic E-state index is 12.8. The number of anilines is 1. The summed E-state index contributed by atoms with van der Waals surface area (Å²) in [4.78, 5) is 50.8. The number of nitrogens with one attached hydrogen (secondary N) is 1. The molecule has 1 atom stereocenters. The van der Waals surface area contributed by atoms with Gasteiger partial charge in [-0.15, -0.1) is 0 Å². The van der Waals surface area contributed by atoms with Gasteiger partial charge in [0.15, 0.2) is 12.4 Å². The van der Waals surface area contributed by atoms with Crippen LogP contribution in [0.15, 0.2) is 48.5 Å². The molecule has 0 saturated carbocycles. The molecular weight excluding hydrogens is 432 g/mol. The fraction of sp³-hybridized carbons (Fsp3) is 0.333. The third-order valence-electron chi connectivity index (χ3n) is 5.46. The highest BCUT2D eigenvalue weighted by Gasteiger charge is 2.41. The summed E-state index contributed by atoms with van der Waals surface area (Å²) in [6.45, 7) is 5.55. The lowest BCUT2D eigenvalue weighted by Gasteiger charge is -2.27. The van der Waals surface area contributed by atoms with Crippen molar-refractivity contribution in [2.75, 3.05) is 11.5 Å². The molecule has 8 heteroatoms. The number of halogens is 1. The van der Waals surface area contributed by atoms with E-state index in [0.29, 0.717) is 16.3 Å². The molecule has 7 nitrogen and oxygen atoms in total. The van der Waals surface area contributed by atoms with Crippen molar-refractivity contribution < 1.29 is 23.9 Å². The summed E-state index contributed by atoms with van der Waals surface area (Å²) in [5, 5.41) is 3.74. The molecule has 1 aliphatic rings. The number of hydrogen-bond donors (Lipinski definition) is 1. The zero-order valence-electron chi connectivity index (χ0n) is 18.2. The molecule has 1 saturated heterocycles. The van der Waals surface area contributed by atoms with Gasteiger partial charge in [0.2, 0.25) is 5.91 Å². The highest BCUT2D eigenvalue weighted by molar-refractivity contribution is 6.30. The number of carbonyl (C=O) groups excluding carboxylic acids is 4. The second-order valence-corrected chi connectivity index (χ2v) is 8.70. The topological polar surface area (TPSA) is 92.8 Å². The predicted octanol–water partition coefficient (Wildman–Crippen LogP) is 3.79. The van der Waals surface area contributed by atoms with Crippen LogP contribution in [0.1, 0.15) is 54.3 Å². The minimum Gasteiger partial charge on any atom is -0.454 e. The molecule has 1 unspecified atom stereocenters. The van der Waals surface area contributed by atoms with E-state index < -0.39 is 18.6 Å². The summed E-state index contributed by atoms with van der Waals surface area (Å²) < 4.78 is 5.09. The van der Waals surface area contributed by atoms with Crippen LogP contribution in [0.3, 0.4) is 0 Å². The van der Waals surface area contributed by atoms with E-state index >= 15 is 0 Å². The van der Waals surface area contributed by atoms with Gasteiger partial charge >= 0.3 is 5.97 Å². The van der Waals surface area contributed by atoms with Crippen molar-refractivity contribution in [3.63, 3.8) is 0 Å². The van der Waals surface area contributed by atoms with E-state index in [1.54, 1.807) is 24.3 Å². The van der Waals surface area contributed by atoms with Gasteiger partial charge in [-0.2, -0.15) is 0 Å². The molecule has 1 N–H and O–H groups in total. The Kier molecular flexibility index (Phi) is 7.11. The summed E-state index contributed by atoms with van der Waals surface area (Å²) in [5.74, 6) is -1.65. The predicted molar refractivity (Wildman–Crippen MR) is 121 cm³/mol. The van der Waals surface area contributed by atoms with Gasteiger partial charge in [-0.1, -0.05) is 18.5 Å². The molecule has 1 fully saturated rings. The fourth-order valence-electron chi connectivity index (χ4n) is 3.27. The van der Waals surface area contributed by atoms with E-state index in [0.717, 1.165) is 11.3 Å². The summed E-state index contributed by atoms with van der Waals surface area (Å²) in [6, 6.07) is 11.6. The second kappa shape index (κ2) is 9.63. The van der Waals surface area contributed by atoms with Gasteiger partial charge in [-0.3, -0.25) is 14.4 Å². The Labute approximate surface area is 191 Å². The molecule has 3 rings (SSSR count). The molecule has 1 aliphatic heterocycles. The first-order valence-electron chi connectivity index (χ1n) is 10.3. The van der Waals surface area contributed by atoms with Crippen LogP contribution in [-0.4, -0.2) is 41.8 Å². The fourth-order valence-corrected chi connectivity index (χ4v) is 3.40. The summed E-state index contributed by atoms with van der Waals surface area (Å²) in [5.41, 5.74) is 0.706. The quantitative estimate of drug-likeness (QED) is 0.369. The normalized spacial score (nSPS) is 16.4. The maximum atomic E-state index is 12.8. The molecule has 2 aromatic carbocycles. The molecule has 2 aromatic rings. The average molecular weight is 457 g/mol. The zero-order chi connectivity index (χ0) is 23.5. The van der Waals surface area contributed by atoms with Gasteiger partial charge in [0.1, 0.15) is 0 Å². The molecule has 0 bridgehead atoms. The maximum Gasteiger partial charge on any atom is 0.338 e. The molecule has 168 valence electrons. The minimum atomic E-state index is -0.679. The molecule has 1 heterocycles. The number of ketones is 1. The first kappa shape index (κ1) is 23.6. The Morgan fingerprint density at radius 2 is 1.66 bits per heavy atom. The first-order chi connectivity index (χ1) is 15.1. The third-order valence-corrected chi connectivity index (χ3v) is 5.71. The minimum absolute atomic E-state index is 0.0822. The van der Waals surface area contributed by atoms with E-state index in [1.165, 1.54) is 24.3 Å². The SMILES string of the molecule is CCC(C)(C)NC1CC(=O)N(c2ccc(C(=O)OCC(=O)c3ccc(Cl)cc3)cc2)C1=O. The molecule has 0 aromatic heterocycles. The van der Waals surface area contributed by atoms with Crippen LogP contribution in [0, 0.1) is 0 Å². The van der Waals surface area contributed by atoms with Crippen molar-refractivity contribution in [2.24, 2.45) is 0 Å². The van der Waals surface area contributed by atoms with E-state index in [4.69, 9.17) is 16.3 Å². The number of rotatable bonds is 8. The van der Waals surface area contributed by atoms with Gasteiger partial charge in [0.25, 0.3) is 5.91 Å². The number of imide groups is 1. The molecule has 0 aliphatic carbocycles. The Balaban J connectivity index is 1.62. The van der Waals surface area contributed by atoms with Crippen LogP contribution in [0.25, 0.3) is 0 Å². The number of carbonyl (C=O) groups is 4. The van der Waals surface area contributed by atoms with Crippen LogP contribution >= 0.6 is 11.6 Å². The Hall–Kier alpha value is -3.03. The van der Waals surface area contributed by atoms with Gasteiger partial charge in [-0.25, -0.2) is 9.69 Å². The van der Waals surface area contributed by atoms with E-state index in [9.17, 15) is 19.2 Å². The van der Waals surface area contributed by atoms with Crippen molar-refractivity contribution in [3.05, 3.63) is 64.7 Å². The highest BCUT2D eigenvalue weighted by Crippen LogP contribution is 2.25. The van der Waals surface area contributed by atoms with Crippen LogP contribution in [0.2, 0.25) is 5.02 Å². The van der Waals surface area contributed by atoms with Crippen molar-refractivity contribution in [1.82, 2.24) is 5.32 Å². The summed E-state index contributed by atoms with van der Waals surface area (Å²) in [7, 11) is 0. The number of Topliss-reactive ketones (excluding diaryl/α,β-unsaturated/α-hetero) is 1. The molecule has 2 amide bonds. The smallest absolute Gasteiger partial charge is 0.338 e. The Bertz CT molecular complexity index is 1030. The van der Waals surface area contributed by atoms with Crippen LogP contribution < -0.4 is 10.2 Å². The number of benzene rings is 2. The van der Waals surface area contributed by atoms with Gasteiger partial charge in [0, 0.05) is 16.1 Å². The van der Waals surface area contributed by atoms with Crippen LogP contribution in [-0.2, 0) is 14.3 Å². The van der Waals surface area contributed by atoms with Gasteiger partial charge < -0.3 is 10.1 Å². The lowest BCUT2D eigenvalue weighted by Crippen LogP contribution is -2.49. The summed E-state index contributed by atoms with van der Waals surface area (Å²) >= 11 is 5.80. The highest BCUT2D eigenvalue weighted by atomic mass is 35.5.